The molecular weight excluding hydrogens is 266 g/mol. The van der Waals surface area contributed by atoms with Crippen LogP contribution in [0, 0.1) is 11.3 Å². The number of amidine groups is 1. The van der Waals surface area contributed by atoms with Gasteiger partial charge in [0.15, 0.2) is 5.84 Å². The molecule has 21 heavy (non-hydrogen) atoms. The van der Waals surface area contributed by atoms with E-state index in [1.165, 1.54) is 32.1 Å². The van der Waals surface area contributed by atoms with Crippen LogP contribution in [0.2, 0.25) is 0 Å². The maximum absolute atomic E-state index is 12.6. The molecule has 2 aliphatic carbocycles. The van der Waals surface area contributed by atoms with E-state index in [0.29, 0.717) is 19.4 Å². The summed E-state index contributed by atoms with van der Waals surface area (Å²) in [6, 6.07) is 0. The fourth-order valence-corrected chi connectivity index (χ4v) is 3.89. The minimum Gasteiger partial charge on any atom is -0.409 e. The van der Waals surface area contributed by atoms with Crippen molar-refractivity contribution < 1.29 is 10.0 Å². The molecule has 0 radical (unpaired) electrons. The minimum atomic E-state index is -0.778. The van der Waals surface area contributed by atoms with Crippen LogP contribution in [0.5, 0.6) is 0 Å². The zero-order valence-corrected chi connectivity index (χ0v) is 12.9. The predicted octanol–water partition coefficient (Wildman–Crippen LogP) is 2.77. The number of carbonyl (C=O) groups excluding carboxylic acids is 1. The van der Waals surface area contributed by atoms with Crippen LogP contribution in [0.15, 0.2) is 5.16 Å². The summed E-state index contributed by atoms with van der Waals surface area (Å²) in [5.74, 6) is 0.788. The first-order valence-electron chi connectivity index (χ1n) is 8.45. The highest BCUT2D eigenvalue weighted by atomic mass is 16.4. The molecule has 2 rings (SSSR count). The van der Waals surface area contributed by atoms with Gasteiger partial charge in [-0.25, -0.2) is 0 Å². The van der Waals surface area contributed by atoms with E-state index in [-0.39, 0.29) is 11.7 Å². The van der Waals surface area contributed by atoms with E-state index in [0.717, 1.165) is 31.6 Å². The molecule has 2 fully saturated rings. The molecule has 0 aromatic carbocycles. The van der Waals surface area contributed by atoms with Crippen molar-refractivity contribution in [3.63, 3.8) is 0 Å². The molecule has 0 atom stereocenters. The molecule has 0 aliphatic heterocycles. The van der Waals surface area contributed by atoms with Gasteiger partial charge < -0.3 is 16.3 Å². The van der Waals surface area contributed by atoms with E-state index in [1.807, 2.05) is 0 Å². The van der Waals surface area contributed by atoms with Gasteiger partial charge >= 0.3 is 0 Å². The molecule has 1 amide bonds. The molecular formula is C16H29N3O2. The van der Waals surface area contributed by atoms with E-state index in [1.54, 1.807) is 0 Å². The maximum atomic E-state index is 12.6. The molecule has 4 N–H and O–H groups in total. The first-order valence-corrected chi connectivity index (χ1v) is 8.45. The Morgan fingerprint density at radius 2 is 1.76 bits per heavy atom. The number of hydrogen-bond donors (Lipinski definition) is 3. The van der Waals surface area contributed by atoms with E-state index < -0.39 is 5.41 Å². The van der Waals surface area contributed by atoms with Gasteiger partial charge in [0.25, 0.3) is 0 Å². The van der Waals surface area contributed by atoms with Crippen LogP contribution in [0.4, 0.5) is 0 Å². The number of nitrogens with zero attached hydrogens (tertiary/aromatic N) is 1. The van der Waals surface area contributed by atoms with Crippen LogP contribution in [0.3, 0.4) is 0 Å². The van der Waals surface area contributed by atoms with Crippen molar-refractivity contribution in [2.75, 3.05) is 6.54 Å². The zero-order chi connectivity index (χ0) is 15.1. The predicted molar refractivity (Wildman–Crippen MR) is 83.1 cm³/mol. The third-order valence-electron chi connectivity index (χ3n) is 5.30. The number of carbonyl (C=O) groups is 1. The topological polar surface area (TPSA) is 87.7 Å². The maximum Gasteiger partial charge on any atom is 0.233 e. The third kappa shape index (κ3) is 3.89. The zero-order valence-electron chi connectivity index (χ0n) is 12.9. The number of amides is 1. The van der Waals surface area contributed by atoms with E-state index in [2.05, 4.69) is 10.5 Å². The second kappa shape index (κ2) is 7.66. The van der Waals surface area contributed by atoms with Crippen LogP contribution in [0.1, 0.15) is 70.6 Å². The Morgan fingerprint density at radius 1 is 1.14 bits per heavy atom. The van der Waals surface area contributed by atoms with Crippen LogP contribution < -0.4 is 11.1 Å². The second-order valence-electron chi connectivity index (χ2n) is 6.68. The molecule has 0 aromatic heterocycles. The first-order chi connectivity index (χ1) is 10.2. The summed E-state index contributed by atoms with van der Waals surface area (Å²) in [6.07, 6.45) is 12.1. The number of hydrogen-bond acceptors (Lipinski definition) is 3. The molecule has 5 nitrogen and oxygen atoms in total. The number of oxime groups is 1. The summed E-state index contributed by atoms with van der Waals surface area (Å²) in [5.41, 5.74) is 5.06. The second-order valence-corrected chi connectivity index (χ2v) is 6.68. The van der Waals surface area contributed by atoms with Crippen molar-refractivity contribution in [3.05, 3.63) is 0 Å². The number of nitrogens with one attached hydrogen (secondary N) is 1. The lowest BCUT2D eigenvalue weighted by molar-refractivity contribution is -0.129. The van der Waals surface area contributed by atoms with Gasteiger partial charge in [-0.05, 0) is 25.2 Å². The Labute approximate surface area is 127 Å². The Hall–Kier alpha value is -1.26. The first kappa shape index (κ1) is 16.1. The summed E-state index contributed by atoms with van der Waals surface area (Å²) in [4.78, 5) is 12.6. The molecule has 0 aromatic rings. The van der Waals surface area contributed by atoms with Gasteiger partial charge in [-0.3, -0.25) is 4.79 Å². The van der Waals surface area contributed by atoms with E-state index in [9.17, 15) is 4.79 Å². The molecule has 2 aliphatic rings. The fraction of sp³-hybridized carbons (Fsp3) is 0.875. The highest BCUT2D eigenvalue weighted by Crippen LogP contribution is 2.37. The fourth-order valence-electron chi connectivity index (χ4n) is 3.89. The number of nitrogens with two attached hydrogens (primary N) is 1. The molecule has 0 heterocycles. The normalized spacial score (nSPS) is 23.7. The number of rotatable bonds is 5. The quantitative estimate of drug-likeness (QED) is 0.315. The van der Waals surface area contributed by atoms with Crippen LogP contribution >= 0.6 is 0 Å². The molecule has 0 bridgehead atoms. The van der Waals surface area contributed by atoms with Crippen LogP contribution in [-0.2, 0) is 4.79 Å². The van der Waals surface area contributed by atoms with E-state index >= 15 is 0 Å². The van der Waals surface area contributed by atoms with E-state index in [4.69, 9.17) is 10.9 Å². The smallest absolute Gasteiger partial charge is 0.233 e. The van der Waals surface area contributed by atoms with Crippen molar-refractivity contribution in [1.29, 1.82) is 0 Å². The van der Waals surface area contributed by atoms with Crippen molar-refractivity contribution in [2.24, 2.45) is 22.2 Å². The van der Waals surface area contributed by atoms with Gasteiger partial charge in [-0.2, -0.15) is 0 Å². The summed E-state index contributed by atoms with van der Waals surface area (Å²) in [5, 5.41) is 15.2. The average molecular weight is 295 g/mol. The summed E-state index contributed by atoms with van der Waals surface area (Å²) >= 11 is 0. The van der Waals surface area contributed by atoms with Gasteiger partial charge in [0.1, 0.15) is 5.41 Å². The Bertz CT molecular complexity index is 370. The lowest BCUT2D eigenvalue weighted by atomic mass is 9.72. The third-order valence-corrected chi connectivity index (χ3v) is 5.30. The Kier molecular flexibility index (Phi) is 5.88. The highest BCUT2D eigenvalue weighted by molar-refractivity contribution is 6.06. The molecule has 0 unspecified atom stereocenters. The lowest BCUT2D eigenvalue weighted by Gasteiger charge is -2.34. The highest BCUT2D eigenvalue weighted by Gasteiger charge is 2.43. The van der Waals surface area contributed by atoms with Crippen molar-refractivity contribution >= 4 is 11.7 Å². The molecule has 5 heteroatoms. The lowest BCUT2D eigenvalue weighted by Crippen LogP contribution is -2.51. The minimum absolute atomic E-state index is 0.0479. The van der Waals surface area contributed by atoms with Gasteiger partial charge in [0.05, 0.1) is 0 Å². The Morgan fingerprint density at radius 3 is 2.38 bits per heavy atom. The molecule has 0 spiro atoms. The monoisotopic (exact) mass is 295 g/mol. The van der Waals surface area contributed by atoms with Gasteiger partial charge in [-0.1, -0.05) is 56.5 Å². The van der Waals surface area contributed by atoms with Crippen LogP contribution in [-0.4, -0.2) is 23.5 Å². The van der Waals surface area contributed by atoms with Gasteiger partial charge in [0.2, 0.25) is 5.91 Å². The van der Waals surface area contributed by atoms with Crippen molar-refractivity contribution in [2.45, 2.75) is 70.6 Å². The molecule has 120 valence electrons. The average Bonchev–Trinajstić information content (AvgIpc) is 2.55. The standard InChI is InChI=1S/C16H29N3O2/c17-14(19-21)16(10-5-2-6-11-16)15(20)18-12-9-13-7-3-1-4-8-13/h13,21H,1-12H2,(H2,17,19)(H,18,20). The van der Waals surface area contributed by atoms with Crippen LogP contribution in [0.25, 0.3) is 0 Å². The molecule has 2 saturated carbocycles. The van der Waals surface area contributed by atoms with Crippen molar-refractivity contribution in [1.82, 2.24) is 5.32 Å². The summed E-state index contributed by atoms with van der Waals surface area (Å²) in [7, 11) is 0. The molecule has 0 saturated heterocycles. The SMILES string of the molecule is NC(=NO)C1(C(=O)NCCC2CCCCC2)CCCCC1. The summed E-state index contributed by atoms with van der Waals surface area (Å²) < 4.78 is 0. The largest absolute Gasteiger partial charge is 0.409 e. The summed E-state index contributed by atoms with van der Waals surface area (Å²) in [6.45, 7) is 0.712. The Balaban J connectivity index is 1.86. The van der Waals surface area contributed by atoms with Crippen molar-refractivity contribution in [3.8, 4) is 0 Å². The van der Waals surface area contributed by atoms with Gasteiger partial charge in [0, 0.05) is 6.54 Å². The van der Waals surface area contributed by atoms with Gasteiger partial charge in [-0.15, -0.1) is 0 Å².